The number of hydrogen-bond acceptors (Lipinski definition) is 4. The molecule has 108 valence electrons. The maximum absolute atomic E-state index is 10.7. The second-order valence-electron chi connectivity index (χ2n) is 5.94. The van der Waals surface area contributed by atoms with Crippen molar-refractivity contribution >= 4 is 5.69 Å². The fourth-order valence-electron chi connectivity index (χ4n) is 3.70. The molecule has 0 saturated carbocycles. The van der Waals surface area contributed by atoms with Gasteiger partial charge in [-0.05, 0) is 38.3 Å². The van der Waals surface area contributed by atoms with Crippen LogP contribution in [0.2, 0.25) is 0 Å². The van der Waals surface area contributed by atoms with E-state index in [1.807, 2.05) is 12.1 Å². The van der Waals surface area contributed by atoms with Crippen molar-refractivity contribution in [2.45, 2.75) is 50.4 Å². The Labute approximate surface area is 119 Å². The van der Waals surface area contributed by atoms with E-state index in [0.717, 1.165) is 6.54 Å². The molecule has 2 fully saturated rings. The van der Waals surface area contributed by atoms with Crippen molar-refractivity contribution in [1.29, 1.82) is 0 Å². The van der Waals surface area contributed by atoms with Crippen molar-refractivity contribution in [3.05, 3.63) is 39.9 Å². The summed E-state index contributed by atoms with van der Waals surface area (Å²) in [5, 5.41) is 14.1. The first-order chi connectivity index (χ1) is 9.67. The van der Waals surface area contributed by atoms with Crippen LogP contribution < -0.4 is 5.32 Å². The number of nitro groups is 1. The molecule has 2 unspecified atom stereocenters. The van der Waals surface area contributed by atoms with E-state index < -0.39 is 0 Å². The van der Waals surface area contributed by atoms with E-state index in [0.29, 0.717) is 18.1 Å². The Morgan fingerprint density at radius 3 is 2.35 bits per heavy atom. The third kappa shape index (κ3) is 2.55. The molecule has 5 nitrogen and oxygen atoms in total. The molecule has 3 rings (SSSR count). The number of benzene rings is 1. The van der Waals surface area contributed by atoms with Gasteiger partial charge in [-0.3, -0.25) is 15.0 Å². The topological polar surface area (TPSA) is 58.4 Å². The molecule has 1 N–H and O–H groups in total. The molecule has 0 spiro atoms. The van der Waals surface area contributed by atoms with Gasteiger partial charge >= 0.3 is 0 Å². The summed E-state index contributed by atoms with van der Waals surface area (Å²) in [5.74, 6) is 0. The molecule has 2 saturated heterocycles. The van der Waals surface area contributed by atoms with Gasteiger partial charge in [0.15, 0.2) is 0 Å². The van der Waals surface area contributed by atoms with E-state index >= 15 is 0 Å². The largest absolute Gasteiger partial charge is 0.317 e. The Kier molecular flexibility index (Phi) is 3.72. The number of nitrogens with one attached hydrogen (secondary N) is 1. The molecule has 1 aromatic rings. The van der Waals surface area contributed by atoms with Crippen LogP contribution in [0.5, 0.6) is 0 Å². The third-order valence-electron chi connectivity index (χ3n) is 4.80. The highest BCUT2D eigenvalue weighted by Gasteiger charge is 2.39. The van der Waals surface area contributed by atoms with Crippen LogP contribution in [-0.2, 0) is 6.54 Å². The first-order valence-electron chi connectivity index (χ1n) is 7.33. The fraction of sp³-hybridized carbons (Fsp3) is 0.600. The molecule has 2 heterocycles. The standard InChI is InChI=1S/C15H21N3O2/c1-16-12-8-14-6-7-15(9-12)17(14)10-11-2-4-13(5-3-11)18(19)20/h2-5,12,14-16H,6-10H2,1H3. The highest BCUT2D eigenvalue weighted by atomic mass is 16.6. The van der Waals surface area contributed by atoms with E-state index in [9.17, 15) is 10.1 Å². The summed E-state index contributed by atoms with van der Waals surface area (Å²) in [6, 6.07) is 8.99. The quantitative estimate of drug-likeness (QED) is 0.676. The van der Waals surface area contributed by atoms with Crippen LogP contribution in [0.1, 0.15) is 31.2 Å². The number of fused-ring (bicyclic) bond motifs is 2. The fourth-order valence-corrected chi connectivity index (χ4v) is 3.70. The highest BCUT2D eigenvalue weighted by Crippen LogP contribution is 2.36. The van der Waals surface area contributed by atoms with E-state index in [4.69, 9.17) is 0 Å². The average Bonchev–Trinajstić information content (AvgIpc) is 2.70. The third-order valence-corrected chi connectivity index (χ3v) is 4.80. The molecule has 2 aliphatic rings. The lowest BCUT2D eigenvalue weighted by Crippen LogP contribution is -2.47. The molecule has 2 atom stereocenters. The van der Waals surface area contributed by atoms with Crippen LogP contribution in [0.25, 0.3) is 0 Å². The molecule has 1 aromatic carbocycles. The highest BCUT2D eigenvalue weighted by molar-refractivity contribution is 5.33. The minimum Gasteiger partial charge on any atom is -0.317 e. The van der Waals surface area contributed by atoms with Crippen molar-refractivity contribution in [2.75, 3.05) is 7.05 Å². The van der Waals surface area contributed by atoms with E-state index in [1.54, 1.807) is 12.1 Å². The van der Waals surface area contributed by atoms with Gasteiger partial charge in [0.1, 0.15) is 0 Å². The maximum Gasteiger partial charge on any atom is 0.269 e. The van der Waals surface area contributed by atoms with Gasteiger partial charge < -0.3 is 5.32 Å². The van der Waals surface area contributed by atoms with Gasteiger partial charge in [0.2, 0.25) is 0 Å². The summed E-state index contributed by atoms with van der Waals surface area (Å²) >= 11 is 0. The lowest BCUT2D eigenvalue weighted by Gasteiger charge is -2.39. The van der Waals surface area contributed by atoms with Crippen molar-refractivity contribution in [3.63, 3.8) is 0 Å². The van der Waals surface area contributed by atoms with Gasteiger partial charge in [0.25, 0.3) is 5.69 Å². The second kappa shape index (κ2) is 5.50. The summed E-state index contributed by atoms with van der Waals surface area (Å²) in [6.45, 7) is 0.920. The molecule has 2 bridgehead atoms. The zero-order valence-corrected chi connectivity index (χ0v) is 11.8. The Balaban J connectivity index is 1.68. The number of piperidine rings is 1. The van der Waals surface area contributed by atoms with Crippen molar-refractivity contribution in [1.82, 2.24) is 10.2 Å². The number of nitro benzene ring substituents is 1. The van der Waals surface area contributed by atoms with Crippen molar-refractivity contribution in [2.24, 2.45) is 0 Å². The molecule has 2 aliphatic heterocycles. The number of nitrogens with zero attached hydrogens (tertiary/aromatic N) is 2. The van der Waals surface area contributed by atoms with E-state index in [1.165, 1.54) is 31.2 Å². The van der Waals surface area contributed by atoms with Crippen LogP contribution in [0.3, 0.4) is 0 Å². The van der Waals surface area contributed by atoms with E-state index in [2.05, 4.69) is 17.3 Å². The van der Waals surface area contributed by atoms with Crippen LogP contribution >= 0.6 is 0 Å². The van der Waals surface area contributed by atoms with Gasteiger partial charge in [-0.2, -0.15) is 0 Å². The Morgan fingerprint density at radius 2 is 1.85 bits per heavy atom. The van der Waals surface area contributed by atoms with Gasteiger partial charge in [-0.15, -0.1) is 0 Å². The summed E-state index contributed by atoms with van der Waals surface area (Å²) < 4.78 is 0. The minimum atomic E-state index is -0.341. The minimum absolute atomic E-state index is 0.172. The summed E-state index contributed by atoms with van der Waals surface area (Å²) in [6.07, 6.45) is 5.02. The van der Waals surface area contributed by atoms with Crippen LogP contribution in [0.4, 0.5) is 5.69 Å². The molecular weight excluding hydrogens is 254 g/mol. The van der Waals surface area contributed by atoms with Gasteiger partial charge in [0, 0.05) is 36.8 Å². The van der Waals surface area contributed by atoms with Crippen LogP contribution in [0.15, 0.2) is 24.3 Å². The normalized spacial score (nSPS) is 29.6. The maximum atomic E-state index is 10.7. The second-order valence-corrected chi connectivity index (χ2v) is 5.94. The van der Waals surface area contributed by atoms with E-state index in [-0.39, 0.29) is 10.6 Å². The lowest BCUT2D eigenvalue weighted by molar-refractivity contribution is -0.384. The molecule has 0 radical (unpaired) electrons. The average molecular weight is 275 g/mol. The van der Waals surface area contributed by atoms with Crippen LogP contribution in [-0.4, -0.2) is 35.0 Å². The monoisotopic (exact) mass is 275 g/mol. The molecular formula is C15H21N3O2. The Bertz CT molecular complexity index is 474. The SMILES string of the molecule is CNC1CC2CCC(C1)N2Cc1ccc([N+](=O)[O-])cc1. The summed E-state index contributed by atoms with van der Waals surface area (Å²) in [4.78, 5) is 12.9. The van der Waals surface area contributed by atoms with Gasteiger partial charge in [-0.25, -0.2) is 0 Å². The Hall–Kier alpha value is -1.46. The first-order valence-corrected chi connectivity index (χ1v) is 7.33. The molecule has 0 amide bonds. The predicted octanol–water partition coefficient (Wildman–Crippen LogP) is 2.31. The van der Waals surface area contributed by atoms with Crippen molar-refractivity contribution in [3.8, 4) is 0 Å². The number of rotatable bonds is 4. The predicted molar refractivity (Wildman–Crippen MR) is 77.5 cm³/mol. The summed E-state index contributed by atoms with van der Waals surface area (Å²) in [5.41, 5.74) is 1.35. The summed E-state index contributed by atoms with van der Waals surface area (Å²) in [7, 11) is 2.05. The van der Waals surface area contributed by atoms with Gasteiger partial charge in [-0.1, -0.05) is 12.1 Å². The molecule has 0 aliphatic carbocycles. The zero-order chi connectivity index (χ0) is 14.1. The Morgan fingerprint density at radius 1 is 1.25 bits per heavy atom. The lowest BCUT2D eigenvalue weighted by atomic mass is 9.97. The van der Waals surface area contributed by atoms with Gasteiger partial charge in [0.05, 0.1) is 4.92 Å². The zero-order valence-electron chi connectivity index (χ0n) is 11.8. The number of hydrogen-bond donors (Lipinski definition) is 1. The molecule has 20 heavy (non-hydrogen) atoms. The smallest absolute Gasteiger partial charge is 0.269 e. The van der Waals surface area contributed by atoms with Crippen molar-refractivity contribution < 1.29 is 4.92 Å². The number of non-ortho nitro benzene ring substituents is 1. The van der Waals surface area contributed by atoms with Crippen LogP contribution in [0, 0.1) is 10.1 Å². The molecule has 0 aromatic heterocycles. The first kappa shape index (κ1) is 13.5. The molecule has 5 heteroatoms.